The minimum Gasteiger partial charge on any atom is -0.454 e. The molecule has 9 nitrogen and oxygen atoms in total. The van der Waals surface area contributed by atoms with Gasteiger partial charge in [0.25, 0.3) is 5.91 Å². The molecule has 1 saturated heterocycles. The molecule has 0 bridgehead atoms. The summed E-state index contributed by atoms with van der Waals surface area (Å²) in [6.45, 7) is 4.04. The van der Waals surface area contributed by atoms with Gasteiger partial charge < -0.3 is 29.6 Å². The fraction of sp³-hybridized carbons (Fsp3) is 0.476. The van der Waals surface area contributed by atoms with Crippen molar-refractivity contribution in [2.24, 2.45) is 5.92 Å². The highest BCUT2D eigenvalue weighted by molar-refractivity contribution is 7.20. The molecule has 1 fully saturated rings. The molecule has 0 radical (unpaired) electrons. The number of carbonyl (C=O) groups excluding carboxylic acids is 3. The first-order chi connectivity index (χ1) is 14.9. The van der Waals surface area contributed by atoms with Gasteiger partial charge in [0.2, 0.25) is 12.7 Å². The van der Waals surface area contributed by atoms with E-state index in [2.05, 4.69) is 10.6 Å². The summed E-state index contributed by atoms with van der Waals surface area (Å²) < 4.78 is 21.9. The second-order valence-corrected chi connectivity index (χ2v) is 8.96. The highest BCUT2D eigenvalue weighted by Gasteiger charge is 2.29. The number of fused-ring (bicyclic) bond motifs is 2. The van der Waals surface area contributed by atoms with Crippen molar-refractivity contribution in [1.29, 1.82) is 0 Å². The molecule has 1 aromatic carbocycles. The van der Waals surface area contributed by atoms with Crippen molar-refractivity contribution < 1.29 is 33.3 Å². The van der Waals surface area contributed by atoms with Gasteiger partial charge in [-0.25, -0.2) is 0 Å². The number of rotatable bonds is 6. The third-order valence-corrected chi connectivity index (χ3v) is 6.06. The molecule has 2 aliphatic heterocycles. The van der Waals surface area contributed by atoms with Gasteiger partial charge in [-0.3, -0.25) is 14.4 Å². The van der Waals surface area contributed by atoms with E-state index in [1.807, 2.05) is 26.0 Å². The van der Waals surface area contributed by atoms with Crippen molar-refractivity contribution in [3.8, 4) is 11.5 Å². The average molecular weight is 448 g/mol. The lowest BCUT2D eigenvalue weighted by molar-refractivity contribution is -0.130. The Kier molecular flexibility index (Phi) is 6.40. The van der Waals surface area contributed by atoms with Gasteiger partial charge in [0, 0.05) is 10.8 Å². The Morgan fingerprint density at radius 3 is 2.68 bits per heavy atom. The van der Waals surface area contributed by atoms with Gasteiger partial charge in [0.1, 0.15) is 25.5 Å². The van der Waals surface area contributed by atoms with E-state index in [0.29, 0.717) is 22.8 Å². The molecule has 1 aromatic heterocycles. The lowest BCUT2D eigenvalue weighted by Gasteiger charge is -2.22. The van der Waals surface area contributed by atoms with Crippen LogP contribution in [0.15, 0.2) is 18.2 Å². The van der Waals surface area contributed by atoms with Gasteiger partial charge in [0.05, 0.1) is 11.5 Å². The second-order valence-electron chi connectivity index (χ2n) is 7.87. The summed E-state index contributed by atoms with van der Waals surface area (Å²) >= 11 is 1.31. The molecule has 0 saturated carbocycles. The Labute approximate surface area is 183 Å². The van der Waals surface area contributed by atoms with Gasteiger partial charge in [0.15, 0.2) is 17.3 Å². The van der Waals surface area contributed by atoms with Crippen LogP contribution in [0.5, 0.6) is 11.5 Å². The van der Waals surface area contributed by atoms with E-state index in [4.69, 9.17) is 18.9 Å². The molecule has 2 amide bonds. The largest absolute Gasteiger partial charge is 0.454 e. The summed E-state index contributed by atoms with van der Waals surface area (Å²) in [7, 11) is 0. The van der Waals surface area contributed by atoms with E-state index in [0.717, 1.165) is 10.1 Å². The summed E-state index contributed by atoms with van der Waals surface area (Å²) in [6, 6.07) is 3.86. The molecule has 2 atom stereocenters. The zero-order valence-electron chi connectivity index (χ0n) is 17.3. The van der Waals surface area contributed by atoms with E-state index in [-0.39, 0.29) is 44.4 Å². The molecule has 31 heavy (non-hydrogen) atoms. The molecule has 0 aliphatic carbocycles. The molecule has 3 heterocycles. The molecule has 4 rings (SSSR count). The summed E-state index contributed by atoms with van der Waals surface area (Å²) in [6.07, 6.45) is 0.427. The van der Waals surface area contributed by atoms with Crippen molar-refractivity contribution in [3.05, 3.63) is 23.1 Å². The first-order valence-electron chi connectivity index (χ1n) is 10.0. The van der Waals surface area contributed by atoms with Crippen LogP contribution in [0.4, 0.5) is 0 Å². The van der Waals surface area contributed by atoms with Gasteiger partial charge in [-0.2, -0.15) is 0 Å². The second kappa shape index (κ2) is 9.21. The number of carbonyl (C=O) groups is 3. The van der Waals surface area contributed by atoms with Crippen LogP contribution in [0.3, 0.4) is 0 Å². The van der Waals surface area contributed by atoms with Crippen LogP contribution in [0.25, 0.3) is 10.1 Å². The van der Waals surface area contributed by atoms with E-state index in [1.165, 1.54) is 11.3 Å². The minimum absolute atomic E-state index is 0.00964. The first kappa shape index (κ1) is 21.5. The maximum absolute atomic E-state index is 12.9. The Morgan fingerprint density at radius 1 is 1.13 bits per heavy atom. The third kappa shape index (κ3) is 4.97. The lowest BCUT2D eigenvalue weighted by atomic mass is 10.0. The van der Waals surface area contributed by atoms with Crippen molar-refractivity contribution in [2.75, 3.05) is 26.8 Å². The van der Waals surface area contributed by atoms with Crippen LogP contribution >= 0.6 is 11.3 Å². The van der Waals surface area contributed by atoms with Crippen LogP contribution in [0.2, 0.25) is 0 Å². The molecular weight excluding hydrogens is 424 g/mol. The number of nitrogens with one attached hydrogen (secondary N) is 2. The molecular formula is C21H24N2O7S. The molecule has 2 unspecified atom stereocenters. The fourth-order valence-corrected chi connectivity index (χ4v) is 4.40. The molecule has 10 heteroatoms. The van der Waals surface area contributed by atoms with E-state index < -0.39 is 18.0 Å². The summed E-state index contributed by atoms with van der Waals surface area (Å²) in [4.78, 5) is 38.4. The topological polar surface area (TPSA) is 112 Å². The van der Waals surface area contributed by atoms with Gasteiger partial charge in [-0.15, -0.1) is 11.3 Å². The summed E-state index contributed by atoms with van der Waals surface area (Å²) in [5.41, 5.74) is 0. The minimum atomic E-state index is -0.798. The standard InChI is InChI=1S/C21H24N2O7S/c1-11(2)3-13(20(25)23-14-7-27-9-28-8-15(14)24)22-21(26)19-5-12-4-16-17(30-10-29-16)6-18(12)31-19/h4-6,11,13-14H,3,7-10H2,1-2H3,(H,22,26)(H,23,25). The van der Waals surface area contributed by atoms with Crippen molar-refractivity contribution >= 4 is 39.0 Å². The average Bonchev–Trinajstić information content (AvgIpc) is 3.30. The molecule has 2 N–H and O–H groups in total. The normalized spacial score (nSPS) is 19.3. The van der Waals surface area contributed by atoms with Gasteiger partial charge in [-0.05, 0) is 29.9 Å². The number of hydrogen-bond donors (Lipinski definition) is 2. The van der Waals surface area contributed by atoms with Crippen LogP contribution < -0.4 is 20.1 Å². The maximum atomic E-state index is 12.9. The molecule has 0 spiro atoms. The number of benzene rings is 1. The number of ketones is 1. The first-order valence-corrected chi connectivity index (χ1v) is 10.8. The maximum Gasteiger partial charge on any atom is 0.262 e. The van der Waals surface area contributed by atoms with E-state index >= 15 is 0 Å². The van der Waals surface area contributed by atoms with Crippen LogP contribution in [0, 0.1) is 5.92 Å². The van der Waals surface area contributed by atoms with E-state index in [9.17, 15) is 14.4 Å². The monoisotopic (exact) mass is 448 g/mol. The lowest BCUT2D eigenvalue weighted by Crippen LogP contribution is -2.53. The van der Waals surface area contributed by atoms with E-state index in [1.54, 1.807) is 6.07 Å². The van der Waals surface area contributed by atoms with Gasteiger partial charge in [-0.1, -0.05) is 13.8 Å². The predicted octanol–water partition coefficient (Wildman–Crippen LogP) is 1.83. The molecule has 2 aliphatic rings. The Bertz CT molecular complexity index is 962. The molecule has 166 valence electrons. The van der Waals surface area contributed by atoms with Crippen molar-refractivity contribution in [3.63, 3.8) is 0 Å². The van der Waals surface area contributed by atoms with Crippen molar-refractivity contribution in [2.45, 2.75) is 32.4 Å². The Morgan fingerprint density at radius 2 is 1.90 bits per heavy atom. The Balaban J connectivity index is 1.47. The Hall–Kier alpha value is -2.69. The highest BCUT2D eigenvalue weighted by Crippen LogP contribution is 2.39. The predicted molar refractivity (Wildman–Crippen MR) is 112 cm³/mol. The number of hydrogen-bond acceptors (Lipinski definition) is 8. The number of Topliss-reactive ketones (excluding diaryl/α,β-unsaturated/α-hetero) is 1. The molecule has 2 aromatic rings. The number of ether oxygens (including phenoxy) is 4. The SMILES string of the molecule is CC(C)CC(NC(=O)c1cc2cc3c(cc2s1)OCO3)C(=O)NC1COCOCC1=O. The van der Waals surface area contributed by atoms with Crippen molar-refractivity contribution in [1.82, 2.24) is 10.6 Å². The smallest absolute Gasteiger partial charge is 0.262 e. The summed E-state index contributed by atoms with van der Waals surface area (Å²) in [5, 5.41) is 6.37. The number of thiophene rings is 1. The van der Waals surface area contributed by atoms with Gasteiger partial charge >= 0.3 is 0 Å². The zero-order chi connectivity index (χ0) is 22.0. The fourth-order valence-electron chi connectivity index (χ4n) is 3.43. The quantitative estimate of drug-likeness (QED) is 0.693. The van der Waals surface area contributed by atoms with Crippen LogP contribution in [-0.2, 0) is 19.1 Å². The number of amides is 2. The highest BCUT2D eigenvalue weighted by atomic mass is 32.1. The van der Waals surface area contributed by atoms with Crippen LogP contribution in [0.1, 0.15) is 29.9 Å². The zero-order valence-corrected chi connectivity index (χ0v) is 18.1. The van der Waals surface area contributed by atoms with Crippen LogP contribution in [-0.4, -0.2) is 56.5 Å². The third-order valence-electron chi connectivity index (χ3n) is 4.96. The summed E-state index contributed by atoms with van der Waals surface area (Å²) in [5.74, 6) is 0.414.